The molecule has 2 bridgehead atoms. The van der Waals surface area contributed by atoms with Gasteiger partial charge >= 0.3 is 0 Å². The third-order valence-corrected chi connectivity index (χ3v) is 5.04. The summed E-state index contributed by atoms with van der Waals surface area (Å²) in [7, 11) is 0. The van der Waals surface area contributed by atoms with E-state index in [-0.39, 0.29) is 0 Å². The summed E-state index contributed by atoms with van der Waals surface area (Å²) in [4.78, 5) is 0. The van der Waals surface area contributed by atoms with E-state index in [0.29, 0.717) is 15.9 Å². The Bertz CT molecular complexity index is 405. The molecule has 0 N–H and O–H groups in total. The van der Waals surface area contributed by atoms with Crippen LogP contribution in [0.15, 0.2) is 18.2 Å². The summed E-state index contributed by atoms with van der Waals surface area (Å²) in [6, 6.07) is 5.84. The van der Waals surface area contributed by atoms with E-state index in [0.717, 1.165) is 10.9 Å². The minimum absolute atomic E-state index is 0.330. The van der Waals surface area contributed by atoms with E-state index in [1.54, 1.807) is 0 Å². The van der Waals surface area contributed by atoms with E-state index in [2.05, 4.69) is 6.07 Å². The van der Waals surface area contributed by atoms with Crippen LogP contribution in [0.2, 0.25) is 10.0 Å². The molecule has 4 rings (SSSR count). The minimum atomic E-state index is 0.330. The van der Waals surface area contributed by atoms with Crippen molar-refractivity contribution >= 4 is 34.8 Å². The van der Waals surface area contributed by atoms with Gasteiger partial charge in [0.1, 0.15) is 0 Å². The molecule has 0 saturated heterocycles. The van der Waals surface area contributed by atoms with E-state index < -0.39 is 0 Å². The predicted octanol–water partition coefficient (Wildman–Crippen LogP) is 4.65. The number of alkyl halides is 1. The first-order valence-electron chi connectivity index (χ1n) is 5.11. The fraction of sp³-hybridized carbons (Fsp3) is 0.500. The zero-order chi connectivity index (χ0) is 10.7. The highest BCUT2D eigenvalue weighted by molar-refractivity contribution is 6.35. The van der Waals surface area contributed by atoms with Crippen LogP contribution in [0, 0.1) is 5.41 Å². The number of halogens is 3. The third-order valence-electron chi connectivity index (χ3n) is 3.93. The van der Waals surface area contributed by atoms with Crippen LogP contribution in [-0.4, -0.2) is 5.88 Å². The monoisotopic (exact) mass is 260 g/mol. The summed E-state index contributed by atoms with van der Waals surface area (Å²) in [6.07, 6.45) is 3.60. The van der Waals surface area contributed by atoms with Crippen molar-refractivity contribution in [1.82, 2.24) is 0 Å². The second-order valence-electron chi connectivity index (χ2n) is 5.07. The highest BCUT2D eigenvalue weighted by Gasteiger charge is 2.67. The average molecular weight is 262 g/mol. The molecule has 3 heteroatoms. The molecule has 1 aromatic rings. The summed E-state index contributed by atoms with van der Waals surface area (Å²) in [5.74, 6) is 0.792. The van der Waals surface area contributed by atoms with Crippen molar-refractivity contribution in [3.05, 3.63) is 33.8 Å². The average Bonchev–Trinajstić information content (AvgIpc) is 2.04. The van der Waals surface area contributed by atoms with Gasteiger partial charge in [-0.05, 0) is 47.8 Å². The lowest BCUT2D eigenvalue weighted by molar-refractivity contribution is -0.122. The van der Waals surface area contributed by atoms with Gasteiger partial charge in [-0.25, -0.2) is 0 Å². The van der Waals surface area contributed by atoms with Gasteiger partial charge < -0.3 is 0 Å². The van der Waals surface area contributed by atoms with Crippen molar-refractivity contribution < 1.29 is 0 Å². The molecule has 0 spiro atoms. The standard InChI is InChI=1S/C12H11Cl3/c13-7-11-4-12(5-11,6-11)9-2-1-8(14)3-10(9)15/h1-3H,4-7H2. The fourth-order valence-corrected chi connectivity index (χ4v) is 4.24. The molecule has 0 radical (unpaired) electrons. The molecule has 80 valence electrons. The molecule has 0 aromatic heterocycles. The van der Waals surface area contributed by atoms with Crippen LogP contribution in [0.4, 0.5) is 0 Å². The lowest BCUT2D eigenvalue weighted by Crippen LogP contribution is -2.65. The van der Waals surface area contributed by atoms with Crippen molar-refractivity contribution in [3.63, 3.8) is 0 Å². The Kier molecular flexibility index (Phi) is 2.09. The Morgan fingerprint density at radius 3 is 2.33 bits per heavy atom. The van der Waals surface area contributed by atoms with Gasteiger partial charge in [0.25, 0.3) is 0 Å². The van der Waals surface area contributed by atoms with E-state index in [1.165, 1.54) is 24.8 Å². The second-order valence-corrected chi connectivity index (χ2v) is 6.18. The largest absolute Gasteiger partial charge is 0.126 e. The van der Waals surface area contributed by atoms with Gasteiger partial charge in [0.2, 0.25) is 0 Å². The van der Waals surface area contributed by atoms with Crippen molar-refractivity contribution in [3.8, 4) is 0 Å². The first kappa shape index (κ1) is 10.3. The van der Waals surface area contributed by atoms with Crippen LogP contribution in [0.1, 0.15) is 24.8 Å². The Hall–Kier alpha value is 0.0900. The first-order valence-corrected chi connectivity index (χ1v) is 6.40. The summed E-state index contributed by atoms with van der Waals surface area (Å²) < 4.78 is 0. The topological polar surface area (TPSA) is 0 Å². The van der Waals surface area contributed by atoms with Crippen LogP contribution in [0.3, 0.4) is 0 Å². The van der Waals surface area contributed by atoms with Gasteiger partial charge in [-0.15, -0.1) is 11.6 Å². The van der Waals surface area contributed by atoms with E-state index in [9.17, 15) is 0 Å². The SMILES string of the molecule is ClCC12CC(c3ccc(Cl)cc3Cl)(C1)C2. The fourth-order valence-electron chi connectivity index (χ4n) is 3.35. The Morgan fingerprint density at radius 2 is 1.80 bits per heavy atom. The van der Waals surface area contributed by atoms with Crippen molar-refractivity contribution in [2.24, 2.45) is 5.41 Å². The molecule has 0 unspecified atom stereocenters. The van der Waals surface area contributed by atoms with Crippen LogP contribution < -0.4 is 0 Å². The van der Waals surface area contributed by atoms with Crippen molar-refractivity contribution in [2.75, 3.05) is 5.88 Å². The molecule has 3 aliphatic carbocycles. The maximum atomic E-state index is 6.22. The number of hydrogen-bond donors (Lipinski definition) is 0. The van der Waals surface area contributed by atoms with Crippen LogP contribution in [-0.2, 0) is 5.41 Å². The molecule has 0 amide bonds. The van der Waals surface area contributed by atoms with Gasteiger partial charge in [0, 0.05) is 15.9 Å². The lowest BCUT2D eigenvalue weighted by Gasteiger charge is -2.71. The van der Waals surface area contributed by atoms with Crippen molar-refractivity contribution in [1.29, 1.82) is 0 Å². The summed E-state index contributed by atoms with van der Waals surface area (Å²) >= 11 is 18.1. The minimum Gasteiger partial charge on any atom is -0.126 e. The van der Waals surface area contributed by atoms with Crippen LogP contribution in [0.5, 0.6) is 0 Å². The highest BCUT2D eigenvalue weighted by Crippen LogP contribution is 2.74. The maximum absolute atomic E-state index is 6.22. The molecule has 3 saturated carbocycles. The lowest BCUT2D eigenvalue weighted by atomic mass is 9.34. The van der Waals surface area contributed by atoms with E-state index in [1.807, 2.05) is 12.1 Å². The van der Waals surface area contributed by atoms with Gasteiger partial charge in [0.15, 0.2) is 0 Å². The molecule has 15 heavy (non-hydrogen) atoms. The molecule has 0 atom stereocenters. The summed E-state index contributed by atoms with van der Waals surface area (Å²) in [5.41, 5.74) is 2.03. The third kappa shape index (κ3) is 1.28. The number of hydrogen-bond acceptors (Lipinski definition) is 0. The molecular weight excluding hydrogens is 250 g/mol. The molecule has 0 aliphatic heterocycles. The first-order chi connectivity index (χ1) is 7.09. The summed E-state index contributed by atoms with van der Waals surface area (Å²) in [6.45, 7) is 0. The molecule has 0 nitrogen and oxygen atoms in total. The van der Waals surface area contributed by atoms with Gasteiger partial charge in [-0.2, -0.15) is 0 Å². The van der Waals surface area contributed by atoms with Crippen LogP contribution >= 0.6 is 34.8 Å². The van der Waals surface area contributed by atoms with E-state index >= 15 is 0 Å². The van der Waals surface area contributed by atoms with Crippen molar-refractivity contribution in [2.45, 2.75) is 24.7 Å². The van der Waals surface area contributed by atoms with Gasteiger partial charge in [0.05, 0.1) is 0 Å². The zero-order valence-corrected chi connectivity index (χ0v) is 10.5. The zero-order valence-electron chi connectivity index (χ0n) is 8.19. The van der Waals surface area contributed by atoms with Gasteiger partial charge in [-0.1, -0.05) is 29.3 Å². The Labute approximate surface area is 105 Å². The van der Waals surface area contributed by atoms with E-state index in [4.69, 9.17) is 34.8 Å². The maximum Gasteiger partial charge on any atom is 0.0458 e. The normalized spacial score (nSPS) is 37.0. The Morgan fingerprint density at radius 1 is 1.13 bits per heavy atom. The Balaban J connectivity index is 1.91. The smallest absolute Gasteiger partial charge is 0.0458 e. The van der Waals surface area contributed by atoms with Crippen LogP contribution in [0.25, 0.3) is 0 Å². The molecule has 3 aliphatic rings. The molecule has 0 heterocycles. The molecule has 3 fully saturated rings. The predicted molar refractivity (Wildman–Crippen MR) is 65.1 cm³/mol. The number of benzene rings is 1. The molecule has 1 aromatic carbocycles. The summed E-state index contributed by atoms with van der Waals surface area (Å²) in [5, 5.41) is 1.52. The number of rotatable bonds is 2. The van der Waals surface area contributed by atoms with Gasteiger partial charge in [-0.3, -0.25) is 0 Å². The second kappa shape index (κ2) is 3.06. The quantitative estimate of drug-likeness (QED) is 0.680. The molecular formula is C12H11Cl3. The highest BCUT2D eigenvalue weighted by atomic mass is 35.5.